The fourth-order valence-corrected chi connectivity index (χ4v) is 11.7. The van der Waals surface area contributed by atoms with Crippen molar-refractivity contribution in [2.75, 3.05) is 14.7 Å². The Kier molecular flexibility index (Phi) is 10.3. The van der Waals surface area contributed by atoms with Crippen LogP contribution in [0.1, 0.15) is 11.1 Å². The summed E-state index contributed by atoms with van der Waals surface area (Å²) >= 11 is 0. The minimum Gasteiger partial charge on any atom is -0.311 e. The van der Waals surface area contributed by atoms with Crippen molar-refractivity contribution in [2.45, 2.75) is 0 Å². The molecule has 12 aromatic rings. The third-order valence-electron chi connectivity index (χ3n) is 15.3. The second-order valence-electron chi connectivity index (χ2n) is 19.4. The first-order valence-corrected chi connectivity index (χ1v) is 25.4. The molecular formula is C70H48BN3. The van der Waals surface area contributed by atoms with Crippen LogP contribution in [0, 0.1) is 0 Å². The minimum absolute atomic E-state index is 0.126. The van der Waals surface area contributed by atoms with E-state index in [1.165, 1.54) is 71.0 Å². The number of fused-ring (bicyclic) bond motifs is 7. The number of benzene rings is 12. The van der Waals surface area contributed by atoms with Gasteiger partial charge in [0.05, 0.1) is 5.69 Å². The van der Waals surface area contributed by atoms with E-state index in [2.05, 4.69) is 283 Å². The maximum absolute atomic E-state index is 4.35. The van der Waals surface area contributed by atoms with Gasteiger partial charge in [-0.3, -0.25) is 0 Å². The Hall–Kier alpha value is -9.64. The van der Waals surface area contributed by atoms with Crippen LogP contribution in [0.4, 0.5) is 51.2 Å². The molecule has 4 heteroatoms. The molecule has 0 aliphatic carbocycles. The zero-order valence-electron chi connectivity index (χ0n) is 40.7. The van der Waals surface area contributed by atoms with Crippen molar-refractivity contribution in [3.05, 3.63) is 279 Å². The van der Waals surface area contributed by atoms with Crippen molar-refractivity contribution < 1.29 is 0 Å². The van der Waals surface area contributed by atoms with Crippen molar-refractivity contribution in [2.24, 2.45) is 0 Å². The van der Waals surface area contributed by atoms with E-state index >= 15 is 0 Å². The lowest BCUT2D eigenvalue weighted by molar-refractivity contribution is 1.23. The zero-order valence-corrected chi connectivity index (χ0v) is 40.7. The first-order chi connectivity index (χ1) is 36.6. The molecule has 0 atom stereocenters. The van der Waals surface area contributed by atoms with Crippen molar-refractivity contribution in [3.63, 3.8) is 0 Å². The molecule has 2 heterocycles. The Morgan fingerprint density at radius 1 is 0.311 bits per heavy atom. The molecule has 0 unspecified atom stereocenters. The van der Waals surface area contributed by atoms with E-state index < -0.39 is 0 Å². The average molecular weight is 942 g/mol. The standard InChI is InChI=1S/C70H48BN3/c1-3-47-41-64-66(43-48(47)4-2)73(61-37-31-51-21-11-13-23-55(51)39-61)68-45-63(72(59-33-27-53(28-34-59)49-17-7-5-8-18-49)60-35-29-54(30-36-60)50-19-9-6-10-20-50)46-69-70(68)71(64)65-42-57-25-15-16-26-58(57)44-67(65)74(69)62-38-32-52-22-12-14-24-56(52)40-62/h3-46H,1-2H2. The number of hydrogen-bond acceptors (Lipinski definition) is 3. The molecule has 3 nitrogen and oxygen atoms in total. The summed E-state index contributed by atoms with van der Waals surface area (Å²) in [6, 6.07) is 93.8. The Balaban J connectivity index is 1.10. The summed E-state index contributed by atoms with van der Waals surface area (Å²) in [4.78, 5) is 7.49. The van der Waals surface area contributed by atoms with E-state index in [-0.39, 0.29) is 6.71 Å². The van der Waals surface area contributed by atoms with Crippen LogP contribution in [0.3, 0.4) is 0 Å². The van der Waals surface area contributed by atoms with Crippen LogP contribution >= 0.6 is 0 Å². The molecule has 0 amide bonds. The van der Waals surface area contributed by atoms with Gasteiger partial charge in [-0.05, 0) is 155 Å². The van der Waals surface area contributed by atoms with Crippen LogP contribution in [0.25, 0.3) is 66.7 Å². The first kappa shape index (κ1) is 43.2. The highest BCUT2D eigenvalue weighted by Gasteiger charge is 2.44. The van der Waals surface area contributed by atoms with E-state index in [0.717, 1.165) is 62.3 Å². The molecule has 74 heavy (non-hydrogen) atoms. The summed E-state index contributed by atoms with van der Waals surface area (Å²) in [5, 5.41) is 7.17. The fraction of sp³-hybridized carbons (Fsp3) is 0. The van der Waals surface area contributed by atoms with Crippen LogP contribution in [-0.2, 0) is 0 Å². The van der Waals surface area contributed by atoms with Gasteiger partial charge in [-0.25, -0.2) is 0 Å². The lowest BCUT2D eigenvalue weighted by Crippen LogP contribution is -2.61. The van der Waals surface area contributed by atoms with Gasteiger partial charge < -0.3 is 14.7 Å². The number of anilines is 9. The highest BCUT2D eigenvalue weighted by molar-refractivity contribution is 7.00. The number of rotatable bonds is 9. The lowest BCUT2D eigenvalue weighted by atomic mass is 9.33. The second kappa shape index (κ2) is 17.6. The molecule has 0 saturated heterocycles. The van der Waals surface area contributed by atoms with E-state index in [1.807, 2.05) is 12.2 Å². The van der Waals surface area contributed by atoms with Crippen molar-refractivity contribution in [1.82, 2.24) is 0 Å². The molecule has 0 radical (unpaired) electrons. The van der Waals surface area contributed by atoms with Crippen LogP contribution in [0.5, 0.6) is 0 Å². The molecule has 0 N–H and O–H groups in total. The SMILES string of the molecule is C=Cc1cc2c(cc1C=C)N(c1ccc3ccccc3c1)c1cc(N(c3ccc(-c4ccccc4)cc3)c3ccc(-c4ccccc4)cc3)cc3c1B2c1cc2ccccc2cc1N3c1ccc2ccccc2c1. The van der Waals surface area contributed by atoms with E-state index in [0.29, 0.717) is 0 Å². The van der Waals surface area contributed by atoms with Gasteiger partial charge in [-0.15, -0.1) is 0 Å². The Labute approximate surface area is 432 Å². The lowest BCUT2D eigenvalue weighted by Gasteiger charge is -2.45. The minimum atomic E-state index is -0.126. The summed E-state index contributed by atoms with van der Waals surface area (Å²) in [6.45, 7) is 8.57. The summed E-state index contributed by atoms with van der Waals surface area (Å²) < 4.78 is 0. The Morgan fingerprint density at radius 3 is 1.19 bits per heavy atom. The molecule has 0 fully saturated rings. The molecule has 0 bridgehead atoms. The van der Waals surface area contributed by atoms with Crippen molar-refractivity contribution >= 4 is 119 Å². The largest absolute Gasteiger partial charge is 0.311 e. The molecule has 346 valence electrons. The van der Waals surface area contributed by atoms with Gasteiger partial charge in [0, 0.05) is 45.5 Å². The summed E-state index contributed by atoms with van der Waals surface area (Å²) in [5.74, 6) is 0. The highest BCUT2D eigenvalue weighted by atomic mass is 15.2. The Bertz CT molecular complexity index is 4100. The highest BCUT2D eigenvalue weighted by Crippen LogP contribution is 2.50. The zero-order chi connectivity index (χ0) is 49.3. The van der Waals surface area contributed by atoms with Gasteiger partial charge in [-0.2, -0.15) is 0 Å². The van der Waals surface area contributed by atoms with Crippen LogP contribution in [-0.4, -0.2) is 6.71 Å². The maximum Gasteiger partial charge on any atom is 0.252 e. The molecule has 2 aliphatic rings. The topological polar surface area (TPSA) is 9.72 Å². The van der Waals surface area contributed by atoms with Crippen LogP contribution < -0.4 is 31.1 Å². The van der Waals surface area contributed by atoms with E-state index in [9.17, 15) is 0 Å². The van der Waals surface area contributed by atoms with Gasteiger partial charge in [0.1, 0.15) is 0 Å². The predicted octanol–water partition coefficient (Wildman–Crippen LogP) is 17.3. The molecular weight excluding hydrogens is 894 g/mol. The summed E-state index contributed by atoms with van der Waals surface area (Å²) in [5.41, 5.74) is 20.3. The third kappa shape index (κ3) is 7.14. The van der Waals surface area contributed by atoms with Gasteiger partial charge in [-0.1, -0.05) is 207 Å². The number of hydrogen-bond donors (Lipinski definition) is 0. The smallest absolute Gasteiger partial charge is 0.252 e. The quantitative estimate of drug-likeness (QED) is 0.134. The third-order valence-corrected chi connectivity index (χ3v) is 15.3. The fourth-order valence-electron chi connectivity index (χ4n) is 11.7. The summed E-state index contributed by atoms with van der Waals surface area (Å²) in [6.07, 6.45) is 3.95. The predicted molar refractivity (Wildman–Crippen MR) is 319 cm³/mol. The molecule has 14 rings (SSSR count). The monoisotopic (exact) mass is 941 g/mol. The maximum atomic E-state index is 4.35. The molecule has 2 aliphatic heterocycles. The molecule has 0 aromatic heterocycles. The van der Waals surface area contributed by atoms with Gasteiger partial charge in [0.25, 0.3) is 6.71 Å². The van der Waals surface area contributed by atoms with Crippen LogP contribution in [0.15, 0.2) is 268 Å². The van der Waals surface area contributed by atoms with Crippen molar-refractivity contribution in [3.8, 4) is 22.3 Å². The van der Waals surface area contributed by atoms with Gasteiger partial charge in [0.2, 0.25) is 0 Å². The summed E-state index contributed by atoms with van der Waals surface area (Å²) in [7, 11) is 0. The number of nitrogens with zero attached hydrogens (tertiary/aromatic N) is 3. The van der Waals surface area contributed by atoms with E-state index in [4.69, 9.17) is 0 Å². The van der Waals surface area contributed by atoms with Gasteiger partial charge >= 0.3 is 0 Å². The average Bonchev–Trinajstić information content (AvgIpc) is 3.58. The Morgan fingerprint density at radius 2 is 0.703 bits per heavy atom. The molecule has 12 aromatic carbocycles. The first-order valence-electron chi connectivity index (χ1n) is 25.4. The van der Waals surface area contributed by atoms with Crippen molar-refractivity contribution in [1.29, 1.82) is 0 Å². The molecule has 0 saturated carbocycles. The van der Waals surface area contributed by atoms with E-state index in [1.54, 1.807) is 0 Å². The van der Waals surface area contributed by atoms with Gasteiger partial charge in [0.15, 0.2) is 0 Å². The molecule has 0 spiro atoms. The van der Waals surface area contributed by atoms with Crippen LogP contribution in [0.2, 0.25) is 0 Å². The second-order valence-corrected chi connectivity index (χ2v) is 19.4. The normalized spacial score (nSPS) is 12.4.